The first-order chi connectivity index (χ1) is 6.63. The molecule has 0 aromatic carbocycles. The highest BCUT2D eigenvalue weighted by Crippen LogP contribution is 2.13. The Hall–Kier alpha value is -0.900. The van der Waals surface area contributed by atoms with Crippen LogP contribution < -0.4 is 5.32 Å². The first-order valence-corrected chi connectivity index (χ1v) is 5.33. The maximum Gasteiger partial charge on any atom is 0.220 e. The lowest BCUT2D eigenvalue weighted by Gasteiger charge is -2.12. The molecule has 0 radical (unpaired) electrons. The quantitative estimate of drug-likeness (QED) is 0.903. The number of carbonyl (C=O) groups excluding carboxylic acids is 1. The number of rotatable bonds is 3. The van der Waals surface area contributed by atoms with E-state index in [1.165, 1.54) is 0 Å². The Kier molecular flexibility index (Phi) is 4.07. The van der Waals surface area contributed by atoms with Crippen LogP contribution in [0.15, 0.2) is 22.8 Å². The van der Waals surface area contributed by atoms with E-state index in [0.29, 0.717) is 6.42 Å². The average molecular weight is 257 g/mol. The Morgan fingerprint density at radius 1 is 1.64 bits per heavy atom. The van der Waals surface area contributed by atoms with E-state index in [2.05, 4.69) is 26.2 Å². The number of carbonyl (C=O) groups is 1. The van der Waals surface area contributed by atoms with Crippen molar-refractivity contribution in [2.45, 2.75) is 26.3 Å². The molecule has 0 aliphatic heterocycles. The fraction of sp³-hybridized carbons (Fsp3) is 0.400. The van der Waals surface area contributed by atoms with E-state index in [0.717, 1.165) is 10.2 Å². The standard InChI is InChI=1S/C10H13BrN2O/c1-3-10(14)13-7(2)9-5-4-8(11)6-12-9/h4-7H,3H2,1-2H3,(H,13,14). The normalized spacial score (nSPS) is 12.2. The van der Waals surface area contributed by atoms with Crippen molar-refractivity contribution in [2.24, 2.45) is 0 Å². The van der Waals surface area contributed by atoms with Crippen molar-refractivity contribution in [1.29, 1.82) is 0 Å². The molecule has 1 unspecified atom stereocenters. The largest absolute Gasteiger partial charge is 0.348 e. The SMILES string of the molecule is CCC(=O)NC(C)c1ccc(Br)cn1. The van der Waals surface area contributed by atoms with Crippen molar-refractivity contribution in [3.05, 3.63) is 28.5 Å². The number of pyridine rings is 1. The summed E-state index contributed by atoms with van der Waals surface area (Å²) >= 11 is 3.31. The lowest BCUT2D eigenvalue weighted by atomic mass is 10.2. The number of halogens is 1. The smallest absolute Gasteiger partial charge is 0.220 e. The summed E-state index contributed by atoms with van der Waals surface area (Å²) in [6.07, 6.45) is 2.23. The van der Waals surface area contributed by atoms with Gasteiger partial charge in [-0.25, -0.2) is 0 Å². The van der Waals surface area contributed by atoms with Gasteiger partial charge in [0.05, 0.1) is 11.7 Å². The maximum atomic E-state index is 11.1. The highest BCUT2D eigenvalue weighted by molar-refractivity contribution is 9.10. The van der Waals surface area contributed by atoms with Crippen molar-refractivity contribution < 1.29 is 4.79 Å². The molecule has 1 aromatic rings. The van der Waals surface area contributed by atoms with Crippen molar-refractivity contribution in [3.8, 4) is 0 Å². The van der Waals surface area contributed by atoms with Crippen molar-refractivity contribution >= 4 is 21.8 Å². The molecule has 0 aliphatic rings. The van der Waals surface area contributed by atoms with Gasteiger partial charge in [0.1, 0.15) is 0 Å². The van der Waals surface area contributed by atoms with Crippen LogP contribution >= 0.6 is 15.9 Å². The molecule has 0 saturated heterocycles. The Morgan fingerprint density at radius 2 is 2.36 bits per heavy atom. The lowest BCUT2D eigenvalue weighted by Crippen LogP contribution is -2.26. The molecule has 1 heterocycles. The minimum Gasteiger partial charge on any atom is -0.348 e. The third kappa shape index (κ3) is 3.10. The third-order valence-corrected chi connectivity index (χ3v) is 2.36. The summed E-state index contributed by atoms with van der Waals surface area (Å²) in [7, 11) is 0. The highest BCUT2D eigenvalue weighted by Gasteiger charge is 2.08. The number of nitrogens with zero attached hydrogens (tertiary/aromatic N) is 1. The molecule has 14 heavy (non-hydrogen) atoms. The molecule has 0 spiro atoms. The van der Waals surface area contributed by atoms with Crippen LogP contribution in [-0.4, -0.2) is 10.9 Å². The van der Waals surface area contributed by atoms with E-state index in [1.807, 2.05) is 26.0 Å². The van der Waals surface area contributed by atoms with Crippen molar-refractivity contribution in [1.82, 2.24) is 10.3 Å². The highest BCUT2D eigenvalue weighted by atomic mass is 79.9. The molecule has 0 bridgehead atoms. The van der Waals surface area contributed by atoms with Crippen LogP contribution in [0.2, 0.25) is 0 Å². The Bertz CT molecular complexity index is 310. The summed E-state index contributed by atoms with van der Waals surface area (Å²) in [6, 6.07) is 3.78. The second-order valence-electron chi connectivity index (χ2n) is 3.04. The summed E-state index contributed by atoms with van der Waals surface area (Å²) < 4.78 is 0.940. The summed E-state index contributed by atoms with van der Waals surface area (Å²) in [6.45, 7) is 3.75. The predicted molar refractivity (Wildman–Crippen MR) is 58.8 cm³/mol. The molecule has 1 atom stereocenters. The molecule has 4 heteroatoms. The monoisotopic (exact) mass is 256 g/mol. The van der Waals surface area contributed by atoms with Crippen LogP contribution in [0.3, 0.4) is 0 Å². The molecule has 1 rings (SSSR count). The Balaban J connectivity index is 2.65. The second kappa shape index (κ2) is 5.10. The number of amides is 1. The zero-order valence-corrected chi connectivity index (χ0v) is 9.84. The van der Waals surface area contributed by atoms with Gasteiger partial charge in [-0.3, -0.25) is 9.78 Å². The summed E-state index contributed by atoms with van der Waals surface area (Å²) in [4.78, 5) is 15.3. The Labute approximate surface area is 92.1 Å². The van der Waals surface area contributed by atoms with Gasteiger partial charge in [-0.05, 0) is 35.0 Å². The molecule has 76 valence electrons. The van der Waals surface area contributed by atoms with Crippen molar-refractivity contribution in [2.75, 3.05) is 0 Å². The van der Waals surface area contributed by atoms with Crippen LogP contribution in [0, 0.1) is 0 Å². The first-order valence-electron chi connectivity index (χ1n) is 4.54. The van der Waals surface area contributed by atoms with Gasteiger partial charge in [-0.2, -0.15) is 0 Å². The van der Waals surface area contributed by atoms with E-state index in [1.54, 1.807) is 6.20 Å². The Morgan fingerprint density at radius 3 is 2.86 bits per heavy atom. The van der Waals surface area contributed by atoms with Gasteiger partial charge >= 0.3 is 0 Å². The van der Waals surface area contributed by atoms with E-state index < -0.39 is 0 Å². The summed E-state index contributed by atoms with van der Waals surface area (Å²) in [5.74, 6) is 0.0437. The van der Waals surface area contributed by atoms with E-state index in [4.69, 9.17) is 0 Å². The third-order valence-electron chi connectivity index (χ3n) is 1.89. The number of hydrogen-bond donors (Lipinski definition) is 1. The van der Waals surface area contributed by atoms with E-state index >= 15 is 0 Å². The molecule has 0 saturated carbocycles. The van der Waals surface area contributed by atoms with Gasteiger partial charge in [0.15, 0.2) is 0 Å². The van der Waals surface area contributed by atoms with Crippen LogP contribution in [0.5, 0.6) is 0 Å². The lowest BCUT2D eigenvalue weighted by molar-refractivity contribution is -0.121. The van der Waals surface area contributed by atoms with Crippen LogP contribution in [0.25, 0.3) is 0 Å². The molecular formula is C10H13BrN2O. The molecule has 1 amide bonds. The molecular weight excluding hydrogens is 244 g/mol. The number of hydrogen-bond acceptors (Lipinski definition) is 2. The molecule has 1 aromatic heterocycles. The molecule has 1 N–H and O–H groups in total. The fourth-order valence-electron chi connectivity index (χ4n) is 1.06. The van der Waals surface area contributed by atoms with Gasteiger partial charge < -0.3 is 5.32 Å². The average Bonchev–Trinajstić information content (AvgIpc) is 2.18. The zero-order chi connectivity index (χ0) is 10.6. The maximum absolute atomic E-state index is 11.1. The van der Waals surface area contributed by atoms with Crippen LogP contribution in [0.4, 0.5) is 0 Å². The fourth-order valence-corrected chi connectivity index (χ4v) is 1.30. The number of aromatic nitrogens is 1. The number of nitrogens with one attached hydrogen (secondary N) is 1. The van der Waals surface area contributed by atoms with Crippen LogP contribution in [0.1, 0.15) is 32.0 Å². The minimum absolute atomic E-state index is 0.0319. The first kappa shape index (κ1) is 11.2. The van der Waals surface area contributed by atoms with Gasteiger partial charge in [0.2, 0.25) is 5.91 Å². The van der Waals surface area contributed by atoms with Gasteiger partial charge in [0.25, 0.3) is 0 Å². The molecule has 0 fully saturated rings. The summed E-state index contributed by atoms with van der Waals surface area (Å²) in [5.41, 5.74) is 0.870. The van der Waals surface area contributed by atoms with Gasteiger partial charge in [0, 0.05) is 17.1 Å². The predicted octanol–water partition coefficient (Wildman–Crippen LogP) is 2.43. The second-order valence-corrected chi connectivity index (χ2v) is 3.96. The van der Waals surface area contributed by atoms with E-state index in [9.17, 15) is 4.79 Å². The summed E-state index contributed by atoms with van der Waals surface area (Å²) in [5, 5.41) is 2.85. The molecule has 3 nitrogen and oxygen atoms in total. The van der Waals surface area contributed by atoms with Gasteiger partial charge in [-0.1, -0.05) is 6.92 Å². The topological polar surface area (TPSA) is 42.0 Å². The van der Waals surface area contributed by atoms with Gasteiger partial charge in [-0.15, -0.1) is 0 Å². The molecule has 0 aliphatic carbocycles. The zero-order valence-electron chi connectivity index (χ0n) is 8.25. The van der Waals surface area contributed by atoms with Crippen LogP contribution in [-0.2, 0) is 4.79 Å². The minimum atomic E-state index is -0.0319. The van der Waals surface area contributed by atoms with E-state index in [-0.39, 0.29) is 11.9 Å². The van der Waals surface area contributed by atoms with Crippen molar-refractivity contribution in [3.63, 3.8) is 0 Å².